The summed E-state index contributed by atoms with van der Waals surface area (Å²) < 4.78 is 0. The fourth-order valence-electron chi connectivity index (χ4n) is 2.78. The van der Waals surface area contributed by atoms with Crippen LogP contribution in [-0.4, -0.2) is 65.3 Å². The highest BCUT2D eigenvalue weighted by Gasteiger charge is 2.29. The van der Waals surface area contributed by atoms with Gasteiger partial charge in [-0.3, -0.25) is 19.2 Å². The molecule has 3 N–H and O–H groups in total. The zero-order valence-electron chi connectivity index (χ0n) is 14.0. The second-order valence-corrected chi connectivity index (χ2v) is 6.12. The largest absolute Gasteiger partial charge is 0.481 e. The van der Waals surface area contributed by atoms with E-state index in [1.54, 1.807) is 0 Å². The van der Waals surface area contributed by atoms with Crippen LogP contribution >= 0.6 is 0 Å². The van der Waals surface area contributed by atoms with Gasteiger partial charge in [0.05, 0.1) is 12.5 Å². The molecule has 1 aliphatic heterocycles. The number of carboxylic acid groups (broad SMARTS) is 1. The summed E-state index contributed by atoms with van der Waals surface area (Å²) in [6.07, 6.45) is 1.19. The van der Waals surface area contributed by atoms with E-state index in [0.717, 1.165) is 0 Å². The maximum atomic E-state index is 12.4. The summed E-state index contributed by atoms with van der Waals surface area (Å²) in [4.78, 5) is 49.6. The second kappa shape index (κ2) is 7.78. The van der Waals surface area contributed by atoms with Crippen molar-refractivity contribution in [2.45, 2.75) is 12.8 Å². The number of amides is 3. The third-order valence-electron chi connectivity index (χ3n) is 4.26. The molecule has 1 fully saturated rings. The van der Waals surface area contributed by atoms with Crippen LogP contribution in [0, 0.1) is 5.92 Å². The summed E-state index contributed by atoms with van der Waals surface area (Å²) >= 11 is 0. The van der Waals surface area contributed by atoms with Crippen molar-refractivity contribution in [2.75, 3.05) is 26.7 Å². The van der Waals surface area contributed by atoms with E-state index in [1.165, 1.54) is 41.1 Å². The van der Waals surface area contributed by atoms with E-state index in [4.69, 9.17) is 10.8 Å². The van der Waals surface area contributed by atoms with Gasteiger partial charge < -0.3 is 20.6 Å². The molecule has 0 radical (unpaired) electrons. The van der Waals surface area contributed by atoms with Crippen molar-refractivity contribution in [3.8, 4) is 0 Å². The molecule has 8 heteroatoms. The Bertz CT molecular complexity index is 686. The highest BCUT2D eigenvalue weighted by atomic mass is 16.4. The molecule has 1 heterocycles. The van der Waals surface area contributed by atoms with Crippen LogP contribution in [0.4, 0.5) is 0 Å². The minimum atomic E-state index is -0.906. The van der Waals surface area contributed by atoms with E-state index in [9.17, 15) is 19.2 Å². The molecule has 2 rings (SSSR count). The van der Waals surface area contributed by atoms with Crippen LogP contribution in [0.2, 0.25) is 0 Å². The zero-order valence-corrected chi connectivity index (χ0v) is 14.0. The summed E-state index contributed by atoms with van der Waals surface area (Å²) in [6.45, 7) is 0.532. The lowest BCUT2D eigenvalue weighted by molar-refractivity contribution is -0.145. The topological polar surface area (TPSA) is 121 Å². The third kappa shape index (κ3) is 4.56. The highest BCUT2D eigenvalue weighted by molar-refractivity contribution is 5.98. The van der Waals surface area contributed by atoms with Crippen molar-refractivity contribution < 1.29 is 24.3 Å². The molecule has 1 atom stereocenters. The zero-order chi connectivity index (χ0) is 18.6. The summed E-state index contributed by atoms with van der Waals surface area (Å²) in [5, 5.41) is 9.08. The number of likely N-dealkylation sites (N-methyl/N-ethyl adjacent to an activating group) is 1. The Morgan fingerprint density at radius 2 is 1.80 bits per heavy atom. The monoisotopic (exact) mass is 347 g/mol. The Labute approximate surface area is 145 Å². The molecule has 1 aromatic carbocycles. The lowest BCUT2D eigenvalue weighted by Crippen LogP contribution is -2.46. The standard InChI is InChI=1S/C17H21N3O5/c1-19(16(23)12-6-4-11(5-7-12)15(18)22)10-14(21)20-8-2-3-13(9-20)17(24)25/h4-7,13H,2-3,8-10H2,1H3,(H2,18,22)(H,24,25). The molecule has 1 aromatic rings. The van der Waals surface area contributed by atoms with E-state index in [2.05, 4.69) is 0 Å². The number of piperidine rings is 1. The van der Waals surface area contributed by atoms with E-state index in [1.807, 2.05) is 0 Å². The molecule has 0 aliphatic carbocycles. The van der Waals surface area contributed by atoms with Gasteiger partial charge in [-0.25, -0.2) is 0 Å². The van der Waals surface area contributed by atoms with Crippen molar-refractivity contribution >= 4 is 23.7 Å². The number of rotatable bonds is 5. The molecule has 0 spiro atoms. The number of aliphatic carboxylic acids is 1. The second-order valence-electron chi connectivity index (χ2n) is 6.12. The van der Waals surface area contributed by atoms with Crippen molar-refractivity contribution in [3.63, 3.8) is 0 Å². The highest BCUT2D eigenvalue weighted by Crippen LogP contribution is 2.17. The number of likely N-dealkylation sites (tertiary alicyclic amines) is 1. The minimum absolute atomic E-state index is 0.136. The van der Waals surface area contributed by atoms with E-state index >= 15 is 0 Å². The van der Waals surface area contributed by atoms with Crippen LogP contribution in [-0.2, 0) is 9.59 Å². The average Bonchev–Trinajstić information content (AvgIpc) is 2.61. The number of nitrogens with zero attached hydrogens (tertiary/aromatic N) is 2. The van der Waals surface area contributed by atoms with Crippen LogP contribution in [0.3, 0.4) is 0 Å². The van der Waals surface area contributed by atoms with Gasteiger partial charge in [0.25, 0.3) is 5.91 Å². The predicted molar refractivity (Wildman–Crippen MR) is 88.9 cm³/mol. The average molecular weight is 347 g/mol. The molecule has 25 heavy (non-hydrogen) atoms. The number of carbonyl (C=O) groups is 4. The maximum Gasteiger partial charge on any atom is 0.308 e. The van der Waals surface area contributed by atoms with Gasteiger partial charge in [-0.2, -0.15) is 0 Å². The van der Waals surface area contributed by atoms with Crippen LogP contribution in [0.25, 0.3) is 0 Å². The molecule has 8 nitrogen and oxygen atoms in total. The number of hydrogen-bond donors (Lipinski definition) is 2. The fourth-order valence-corrected chi connectivity index (χ4v) is 2.78. The molecule has 0 aromatic heterocycles. The van der Waals surface area contributed by atoms with Crippen LogP contribution in [0.15, 0.2) is 24.3 Å². The molecule has 3 amide bonds. The molecular formula is C17H21N3O5. The van der Waals surface area contributed by atoms with E-state index in [0.29, 0.717) is 30.5 Å². The van der Waals surface area contributed by atoms with E-state index < -0.39 is 17.8 Å². The minimum Gasteiger partial charge on any atom is -0.481 e. The maximum absolute atomic E-state index is 12.4. The fraction of sp³-hybridized carbons (Fsp3) is 0.412. The third-order valence-corrected chi connectivity index (χ3v) is 4.26. The Morgan fingerprint density at radius 3 is 2.36 bits per heavy atom. The molecule has 1 unspecified atom stereocenters. The Balaban J connectivity index is 1.97. The smallest absolute Gasteiger partial charge is 0.308 e. The summed E-state index contributed by atoms with van der Waals surface area (Å²) in [7, 11) is 1.50. The van der Waals surface area contributed by atoms with Crippen molar-refractivity contribution in [3.05, 3.63) is 35.4 Å². The molecule has 1 saturated heterocycles. The van der Waals surface area contributed by atoms with Crippen LogP contribution < -0.4 is 5.73 Å². The van der Waals surface area contributed by atoms with Crippen LogP contribution in [0.1, 0.15) is 33.6 Å². The van der Waals surface area contributed by atoms with Gasteiger partial charge in [-0.05, 0) is 37.1 Å². The number of carboxylic acids is 1. The first-order chi connectivity index (χ1) is 11.8. The van der Waals surface area contributed by atoms with Crippen molar-refractivity contribution in [2.24, 2.45) is 11.7 Å². The number of primary amides is 1. The Morgan fingerprint density at radius 1 is 1.20 bits per heavy atom. The van der Waals surface area contributed by atoms with E-state index in [-0.39, 0.29) is 24.9 Å². The summed E-state index contributed by atoms with van der Waals surface area (Å²) in [6, 6.07) is 5.86. The summed E-state index contributed by atoms with van der Waals surface area (Å²) in [5.74, 6) is -2.69. The number of carbonyl (C=O) groups excluding carboxylic acids is 3. The van der Waals surface area contributed by atoms with Crippen molar-refractivity contribution in [1.82, 2.24) is 9.80 Å². The Hall–Kier alpha value is -2.90. The van der Waals surface area contributed by atoms with Gasteiger partial charge in [0.15, 0.2) is 0 Å². The van der Waals surface area contributed by atoms with Crippen LogP contribution in [0.5, 0.6) is 0 Å². The predicted octanol–water partition coefficient (Wildman–Crippen LogP) is 0.181. The Kier molecular flexibility index (Phi) is 5.74. The molecule has 0 saturated carbocycles. The van der Waals surface area contributed by atoms with Crippen molar-refractivity contribution in [1.29, 1.82) is 0 Å². The molecule has 134 valence electrons. The first-order valence-electron chi connectivity index (χ1n) is 7.95. The summed E-state index contributed by atoms with van der Waals surface area (Å²) in [5.41, 5.74) is 5.78. The first-order valence-corrected chi connectivity index (χ1v) is 7.95. The lowest BCUT2D eigenvalue weighted by atomic mass is 9.98. The molecular weight excluding hydrogens is 326 g/mol. The van der Waals surface area contributed by atoms with Gasteiger partial charge in [0, 0.05) is 31.3 Å². The SMILES string of the molecule is CN(CC(=O)N1CCCC(C(=O)O)C1)C(=O)c1ccc(C(N)=O)cc1. The normalized spacial score (nSPS) is 17.0. The lowest BCUT2D eigenvalue weighted by Gasteiger charge is -2.32. The van der Waals surface area contributed by atoms with Gasteiger partial charge in [-0.15, -0.1) is 0 Å². The number of nitrogens with two attached hydrogens (primary N) is 1. The molecule has 1 aliphatic rings. The number of benzene rings is 1. The number of hydrogen-bond acceptors (Lipinski definition) is 4. The van der Waals surface area contributed by atoms with Gasteiger partial charge in [0.1, 0.15) is 0 Å². The molecule has 0 bridgehead atoms. The first kappa shape index (κ1) is 18.4. The van der Waals surface area contributed by atoms with Gasteiger partial charge >= 0.3 is 5.97 Å². The quantitative estimate of drug-likeness (QED) is 0.787. The van der Waals surface area contributed by atoms with Gasteiger partial charge in [-0.1, -0.05) is 0 Å². The van der Waals surface area contributed by atoms with Gasteiger partial charge in [0.2, 0.25) is 11.8 Å².